The molecule has 0 radical (unpaired) electrons. The first-order chi connectivity index (χ1) is 16.1. The quantitative estimate of drug-likeness (QED) is 0.275. The molecule has 0 amide bonds. The van der Waals surface area contributed by atoms with E-state index >= 15 is 0 Å². The largest absolute Gasteiger partial charge is 0.421 e. The van der Waals surface area contributed by atoms with Crippen molar-refractivity contribution in [3.8, 4) is 22.7 Å². The fourth-order valence-electron chi connectivity index (χ4n) is 4.02. The van der Waals surface area contributed by atoms with Crippen LogP contribution in [-0.4, -0.2) is 15.0 Å². The van der Waals surface area contributed by atoms with Gasteiger partial charge in [0.15, 0.2) is 5.76 Å². The number of aryl methyl sites for hydroxylation is 2. The summed E-state index contributed by atoms with van der Waals surface area (Å²) < 4.78 is 5.79. The second kappa shape index (κ2) is 7.53. The van der Waals surface area contributed by atoms with Crippen molar-refractivity contribution in [1.82, 2.24) is 15.0 Å². The smallest absolute Gasteiger partial charge is 0.341 e. The molecule has 0 bridgehead atoms. The third-order valence-corrected chi connectivity index (χ3v) is 6.12. The van der Waals surface area contributed by atoms with Gasteiger partial charge in [-0.15, -0.1) is 5.11 Å². The molecule has 0 saturated heterocycles. The molecule has 7 heteroatoms. The Morgan fingerprint density at radius 1 is 0.909 bits per heavy atom. The number of nitrogens with one attached hydrogen (secondary N) is 1. The van der Waals surface area contributed by atoms with E-state index in [1.54, 1.807) is 18.3 Å². The van der Waals surface area contributed by atoms with Gasteiger partial charge in [0.1, 0.15) is 5.69 Å². The average molecular weight is 452 g/mol. The van der Waals surface area contributed by atoms with E-state index in [4.69, 9.17) is 21.0 Å². The zero-order valence-corrected chi connectivity index (χ0v) is 18.7. The molecule has 4 aromatic rings. The van der Waals surface area contributed by atoms with Crippen molar-refractivity contribution in [3.63, 3.8) is 0 Å². The first-order valence-electron chi connectivity index (χ1n) is 10.5. The van der Waals surface area contributed by atoms with E-state index in [0.29, 0.717) is 16.5 Å². The second-order valence-corrected chi connectivity index (χ2v) is 8.46. The van der Waals surface area contributed by atoms with Gasteiger partial charge >= 0.3 is 6.01 Å². The van der Waals surface area contributed by atoms with Gasteiger partial charge in [0.05, 0.1) is 28.6 Å². The zero-order valence-electron chi connectivity index (χ0n) is 17.9. The van der Waals surface area contributed by atoms with Gasteiger partial charge in [0.2, 0.25) is 0 Å². The predicted octanol–water partition coefficient (Wildman–Crippen LogP) is 8.16. The third kappa shape index (κ3) is 3.36. The molecule has 6 rings (SSSR count). The van der Waals surface area contributed by atoms with E-state index in [9.17, 15) is 0 Å². The maximum Gasteiger partial charge on any atom is 0.341 e. The summed E-state index contributed by atoms with van der Waals surface area (Å²) in [5.41, 5.74) is 7.56. The predicted molar refractivity (Wildman–Crippen MR) is 131 cm³/mol. The van der Waals surface area contributed by atoms with Crippen LogP contribution in [0.2, 0.25) is 5.02 Å². The van der Waals surface area contributed by atoms with Crippen LogP contribution < -0.4 is 0 Å². The lowest BCUT2D eigenvalue weighted by Crippen LogP contribution is -1.92. The van der Waals surface area contributed by atoms with Crippen LogP contribution in [0.3, 0.4) is 0 Å². The van der Waals surface area contributed by atoms with Crippen molar-refractivity contribution in [3.05, 3.63) is 83.0 Å². The number of nitrogens with zero attached hydrogens (tertiary/aromatic N) is 4. The lowest BCUT2D eigenvalue weighted by atomic mass is 10.1. The van der Waals surface area contributed by atoms with Crippen molar-refractivity contribution in [2.75, 3.05) is 0 Å². The summed E-state index contributed by atoms with van der Waals surface area (Å²) in [6.07, 6.45) is 1.63. The minimum absolute atomic E-state index is 0.179. The Morgan fingerprint density at radius 2 is 1.67 bits per heavy atom. The van der Waals surface area contributed by atoms with Gasteiger partial charge in [-0.2, -0.15) is 4.98 Å². The fourth-order valence-corrected chi connectivity index (χ4v) is 4.14. The van der Waals surface area contributed by atoms with Crippen LogP contribution in [0.15, 0.2) is 81.5 Å². The van der Waals surface area contributed by atoms with Gasteiger partial charge in [-0.3, -0.25) is 0 Å². The number of H-pyrrole nitrogens is 1. The highest BCUT2D eigenvalue weighted by Crippen LogP contribution is 2.44. The van der Waals surface area contributed by atoms with E-state index < -0.39 is 0 Å². The number of benzene rings is 3. The monoisotopic (exact) mass is 451 g/mol. The summed E-state index contributed by atoms with van der Waals surface area (Å²) >= 11 is 5.97. The molecule has 0 unspecified atom stereocenters. The number of halogens is 1. The van der Waals surface area contributed by atoms with Crippen LogP contribution >= 0.6 is 11.6 Å². The molecule has 33 heavy (non-hydrogen) atoms. The maximum atomic E-state index is 5.97. The number of aromatic amines is 1. The van der Waals surface area contributed by atoms with Crippen LogP contribution in [0.25, 0.3) is 44.5 Å². The molecule has 0 saturated carbocycles. The van der Waals surface area contributed by atoms with E-state index in [2.05, 4.69) is 46.2 Å². The Hall–Kier alpha value is -4.03. The highest BCUT2D eigenvalue weighted by molar-refractivity contribution is 6.30. The van der Waals surface area contributed by atoms with Gasteiger partial charge < -0.3 is 9.40 Å². The first kappa shape index (κ1) is 19.6. The molecule has 160 valence electrons. The number of azo groups is 1. The molecule has 3 aromatic carbocycles. The Kier molecular flexibility index (Phi) is 4.48. The first-order valence-corrected chi connectivity index (χ1v) is 10.9. The molecule has 1 aliphatic carbocycles. The summed E-state index contributed by atoms with van der Waals surface area (Å²) in [7, 11) is 0. The van der Waals surface area contributed by atoms with Gasteiger partial charge in [0, 0.05) is 21.4 Å². The average Bonchev–Trinajstić information content (AvgIpc) is 3.40. The van der Waals surface area contributed by atoms with Gasteiger partial charge in [-0.1, -0.05) is 41.0 Å². The maximum absolute atomic E-state index is 5.97. The van der Waals surface area contributed by atoms with Crippen LogP contribution in [0, 0.1) is 13.8 Å². The Morgan fingerprint density at radius 3 is 2.48 bits per heavy atom. The Bertz CT molecular complexity index is 1650. The molecule has 1 aliphatic heterocycles. The van der Waals surface area contributed by atoms with Crippen molar-refractivity contribution in [2.45, 2.75) is 13.8 Å². The fraction of sp³-hybridized carbons (Fsp3) is 0.0769. The molecule has 0 spiro atoms. The minimum atomic E-state index is 0.179. The SMILES string of the molecule is Cc1cc2nc3c4ccccc4c(N=Nc4ncc(-c5ccc(Cl)cc5)o4)c-3[nH]c2cc1C. The summed E-state index contributed by atoms with van der Waals surface area (Å²) in [4.78, 5) is 12.7. The van der Waals surface area contributed by atoms with Crippen molar-refractivity contribution >= 4 is 45.1 Å². The second-order valence-electron chi connectivity index (χ2n) is 8.02. The molecule has 1 N–H and O–H groups in total. The Balaban J connectivity index is 1.47. The van der Waals surface area contributed by atoms with Crippen LogP contribution in [0.1, 0.15) is 11.1 Å². The van der Waals surface area contributed by atoms with Crippen molar-refractivity contribution in [2.24, 2.45) is 10.2 Å². The van der Waals surface area contributed by atoms with E-state index in [0.717, 1.165) is 38.8 Å². The lowest BCUT2D eigenvalue weighted by Gasteiger charge is -2.08. The standard InChI is InChI=1S/C26H18ClN5O/c1-14-11-20-21(12-15(14)2)30-25-23(29-20)18-5-3-4-6-19(18)24(25)31-32-26-28-13-22(33-26)16-7-9-17(27)10-8-16/h3-13,30H,1-2H3. The number of fused-ring (bicyclic) bond motifs is 4. The lowest BCUT2D eigenvalue weighted by molar-refractivity contribution is 0.577. The van der Waals surface area contributed by atoms with Gasteiger partial charge in [0.25, 0.3) is 0 Å². The molecule has 6 nitrogen and oxygen atoms in total. The van der Waals surface area contributed by atoms with E-state index in [1.165, 1.54) is 11.1 Å². The van der Waals surface area contributed by atoms with Gasteiger partial charge in [-0.25, -0.2) is 4.98 Å². The molecular formula is C26H18ClN5O. The highest BCUT2D eigenvalue weighted by Gasteiger charge is 2.21. The number of hydrogen-bond acceptors (Lipinski definition) is 5. The van der Waals surface area contributed by atoms with Crippen LogP contribution in [0.5, 0.6) is 0 Å². The van der Waals surface area contributed by atoms with Crippen molar-refractivity contribution < 1.29 is 4.42 Å². The van der Waals surface area contributed by atoms with E-state index in [-0.39, 0.29) is 6.01 Å². The van der Waals surface area contributed by atoms with Crippen LogP contribution in [-0.2, 0) is 0 Å². The number of rotatable bonds is 3. The van der Waals surface area contributed by atoms with Crippen LogP contribution in [0.4, 0.5) is 11.7 Å². The number of aromatic nitrogens is 3. The van der Waals surface area contributed by atoms with Crippen molar-refractivity contribution in [1.29, 1.82) is 0 Å². The third-order valence-electron chi connectivity index (χ3n) is 5.87. The summed E-state index contributed by atoms with van der Waals surface area (Å²) in [6, 6.07) is 19.8. The summed E-state index contributed by atoms with van der Waals surface area (Å²) in [5.74, 6) is 0.600. The normalized spacial score (nSPS) is 12.0. The van der Waals surface area contributed by atoms with E-state index in [1.807, 2.05) is 36.4 Å². The molecule has 0 fully saturated rings. The molecule has 1 aromatic heterocycles. The molecule has 2 heterocycles. The zero-order chi connectivity index (χ0) is 22.5. The molecule has 0 atom stereocenters. The Labute approximate surface area is 194 Å². The summed E-state index contributed by atoms with van der Waals surface area (Å²) in [6.45, 7) is 4.19. The number of oxazole rings is 1. The minimum Gasteiger partial charge on any atom is -0.421 e. The summed E-state index contributed by atoms with van der Waals surface area (Å²) in [5, 5.41) is 11.5. The molecular weight excluding hydrogens is 434 g/mol. The van der Waals surface area contributed by atoms with Gasteiger partial charge in [-0.05, 0) is 61.4 Å². The topological polar surface area (TPSA) is 79.4 Å². The molecule has 2 aliphatic rings. The number of hydrogen-bond donors (Lipinski definition) is 1. The highest BCUT2D eigenvalue weighted by atomic mass is 35.5.